The van der Waals surface area contributed by atoms with Crippen LogP contribution < -0.4 is 4.74 Å². The van der Waals surface area contributed by atoms with Gasteiger partial charge in [0.1, 0.15) is 0 Å². The quantitative estimate of drug-likeness (QED) is 0.630. The molecular weight excluding hydrogens is 288 g/mol. The Morgan fingerprint density at radius 3 is 2.10 bits per heavy atom. The molecule has 2 aromatic carbocycles. The Morgan fingerprint density at radius 2 is 1.57 bits per heavy atom. The van der Waals surface area contributed by atoms with Gasteiger partial charge in [0.2, 0.25) is 0 Å². The predicted octanol–water partition coefficient (Wildman–Crippen LogP) is 4.08. The molecule has 0 spiro atoms. The number of carbonyl (C=O) groups excluding carboxylic acids is 1. The zero-order valence-electron chi connectivity index (χ0n) is 10.9. The summed E-state index contributed by atoms with van der Waals surface area (Å²) in [4.78, 5) is 12.1. The summed E-state index contributed by atoms with van der Waals surface area (Å²) in [6.45, 7) is 0. The predicted molar refractivity (Wildman–Crippen MR) is 67.8 cm³/mol. The Labute approximate surface area is 118 Å². The van der Waals surface area contributed by atoms with Crippen molar-refractivity contribution in [3.05, 3.63) is 65.0 Å². The van der Waals surface area contributed by atoms with E-state index in [2.05, 4.69) is 0 Å². The lowest BCUT2D eigenvalue weighted by molar-refractivity contribution is -0.137. The smallest absolute Gasteiger partial charge is 0.416 e. The van der Waals surface area contributed by atoms with Gasteiger partial charge in [-0.1, -0.05) is 12.1 Å². The minimum absolute atomic E-state index is 0.0802. The number of rotatable bonds is 3. The number of benzene rings is 2. The minimum Gasteiger partial charge on any atom is -0.494 e. The first kappa shape index (κ1) is 15.0. The molecule has 0 atom stereocenters. The lowest BCUT2D eigenvalue weighted by atomic mass is 10.0. The molecule has 0 aliphatic heterocycles. The first-order chi connectivity index (χ1) is 9.82. The molecule has 0 unspecified atom stereocenters. The second kappa shape index (κ2) is 5.55. The summed E-state index contributed by atoms with van der Waals surface area (Å²) < 4.78 is 55.3. The second-order valence-corrected chi connectivity index (χ2v) is 4.25. The van der Waals surface area contributed by atoms with Crippen molar-refractivity contribution in [2.75, 3.05) is 7.11 Å². The fraction of sp³-hybridized carbons (Fsp3) is 0.133. The minimum atomic E-state index is -4.46. The van der Waals surface area contributed by atoms with Crippen LogP contribution in [0.25, 0.3) is 0 Å². The van der Waals surface area contributed by atoms with Crippen molar-refractivity contribution in [2.24, 2.45) is 0 Å². The van der Waals surface area contributed by atoms with Crippen molar-refractivity contribution >= 4 is 5.78 Å². The van der Waals surface area contributed by atoms with Crippen LogP contribution in [0.1, 0.15) is 21.5 Å². The highest BCUT2D eigenvalue weighted by Gasteiger charge is 2.30. The van der Waals surface area contributed by atoms with Crippen LogP contribution in [0.3, 0.4) is 0 Å². The third kappa shape index (κ3) is 3.21. The van der Waals surface area contributed by atoms with Crippen molar-refractivity contribution in [3.8, 4) is 5.75 Å². The first-order valence-corrected chi connectivity index (χ1v) is 5.88. The SMILES string of the molecule is COc1cc(C(=O)c2ccc(C(F)(F)F)cc2)ccc1F. The number of carbonyl (C=O) groups is 1. The molecule has 0 saturated carbocycles. The maximum atomic E-state index is 13.3. The average Bonchev–Trinajstić information content (AvgIpc) is 2.46. The van der Waals surface area contributed by atoms with Gasteiger partial charge < -0.3 is 4.74 Å². The van der Waals surface area contributed by atoms with E-state index < -0.39 is 23.3 Å². The highest BCUT2D eigenvalue weighted by Crippen LogP contribution is 2.29. The molecule has 0 aliphatic rings. The normalized spacial score (nSPS) is 11.3. The highest BCUT2D eigenvalue weighted by molar-refractivity contribution is 6.09. The summed E-state index contributed by atoms with van der Waals surface area (Å²) in [6, 6.07) is 7.34. The van der Waals surface area contributed by atoms with E-state index in [4.69, 9.17) is 4.74 Å². The standard InChI is InChI=1S/C15H10F4O2/c1-21-13-8-10(4-7-12(13)16)14(20)9-2-5-11(6-3-9)15(17,18)19/h2-8H,1H3. The summed E-state index contributed by atoms with van der Waals surface area (Å²) in [5.41, 5.74) is -0.625. The van der Waals surface area contributed by atoms with E-state index in [1.54, 1.807) is 0 Å². The van der Waals surface area contributed by atoms with E-state index in [1.807, 2.05) is 0 Å². The summed E-state index contributed by atoms with van der Waals surface area (Å²) in [5.74, 6) is -1.24. The number of halogens is 4. The Kier molecular flexibility index (Phi) is 3.97. The van der Waals surface area contributed by atoms with E-state index in [1.165, 1.54) is 19.2 Å². The van der Waals surface area contributed by atoms with Crippen LogP contribution in [-0.2, 0) is 6.18 Å². The molecule has 0 N–H and O–H groups in total. The van der Waals surface area contributed by atoms with Crippen LogP contribution in [0, 0.1) is 5.82 Å². The van der Waals surface area contributed by atoms with Crippen LogP contribution in [0.2, 0.25) is 0 Å². The summed E-state index contributed by atoms with van der Waals surface area (Å²) >= 11 is 0. The van der Waals surface area contributed by atoms with E-state index in [0.29, 0.717) is 0 Å². The van der Waals surface area contributed by atoms with Crippen molar-refractivity contribution in [2.45, 2.75) is 6.18 Å². The molecule has 0 amide bonds. The van der Waals surface area contributed by atoms with Gasteiger partial charge in [0.15, 0.2) is 17.3 Å². The van der Waals surface area contributed by atoms with Gasteiger partial charge in [-0.05, 0) is 30.3 Å². The summed E-state index contributed by atoms with van der Waals surface area (Å²) in [7, 11) is 1.25. The largest absolute Gasteiger partial charge is 0.494 e. The molecule has 0 aliphatic carbocycles. The van der Waals surface area contributed by atoms with Gasteiger partial charge in [-0.2, -0.15) is 13.2 Å². The van der Waals surface area contributed by atoms with E-state index >= 15 is 0 Å². The molecule has 2 nitrogen and oxygen atoms in total. The van der Waals surface area contributed by atoms with Crippen LogP contribution in [0.4, 0.5) is 17.6 Å². The van der Waals surface area contributed by atoms with Crippen LogP contribution in [0.5, 0.6) is 5.75 Å². The fourth-order valence-corrected chi connectivity index (χ4v) is 1.78. The Morgan fingerprint density at radius 1 is 1.00 bits per heavy atom. The zero-order chi connectivity index (χ0) is 15.6. The molecule has 110 valence electrons. The number of ether oxygens (including phenoxy) is 1. The average molecular weight is 298 g/mol. The van der Waals surface area contributed by atoms with Gasteiger partial charge in [0.25, 0.3) is 0 Å². The molecule has 0 aromatic heterocycles. The monoisotopic (exact) mass is 298 g/mol. The van der Waals surface area contributed by atoms with Crippen molar-refractivity contribution in [3.63, 3.8) is 0 Å². The Hall–Kier alpha value is -2.37. The van der Waals surface area contributed by atoms with Gasteiger partial charge in [0.05, 0.1) is 12.7 Å². The Balaban J connectivity index is 2.32. The number of ketones is 1. The molecule has 0 bridgehead atoms. The van der Waals surface area contributed by atoms with Crippen LogP contribution in [-0.4, -0.2) is 12.9 Å². The van der Waals surface area contributed by atoms with E-state index in [-0.39, 0.29) is 16.9 Å². The third-order valence-electron chi connectivity index (χ3n) is 2.89. The van der Waals surface area contributed by atoms with Crippen molar-refractivity contribution in [1.82, 2.24) is 0 Å². The molecule has 6 heteroatoms. The van der Waals surface area contributed by atoms with Crippen LogP contribution >= 0.6 is 0 Å². The third-order valence-corrected chi connectivity index (χ3v) is 2.89. The maximum Gasteiger partial charge on any atom is 0.416 e. The highest BCUT2D eigenvalue weighted by atomic mass is 19.4. The maximum absolute atomic E-state index is 13.3. The molecule has 0 heterocycles. The van der Waals surface area contributed by atoms with Crippen molar-refractivity contribution in [1.29, 1.82) is 0 Å². The topological polar surface area (TPSA) is 26.3 Å². The van der Waals surface area contributed by atoms with Crippen LogP contribution in [0.15, 0.2) is 42.5 Å². The molecule has 0 radical (unpaired) electrons. The number of alkyl halides is 3. The zero-order valence-corrected chi connectivity index (χ0v) is 10.9. The van der Waals surface area contributed by atoms with E-state index in [9.17, 15) is 22.4 Å². The number of hydrogen-bond donors (Lipinski definition) is 0. The molecular formula is C15H10F4O2. The summed E-state index contributed by atoms with van der Waals surface area (Å²) in [6.07, 6.45) is -4.46. The van der Waals surface area contributed by atoms with Gasteiger partial charge in [-0.15, -0.1) is 0 Å². The Bertz CT molecular complexity index is 660. The number of methoxy groups -OCH3 is 1. The second-order valence-electron chi connectivity index (χ2n) is 4.25. The lowest BCUT2D eigenvalue weighted by Crippen LogP contribution is -2.07. The lowest BCUT2D eigenvalue weighted by Gasteiger charge is -2.08. The van der Waals surface area contributed by atoms with Gasteiger partial charge in [-0.3, -0.25) is 4.79 Å². The fourth-order valence-electron chi connectivity index (χ4n) is 1.78. The molecule has 2 aromatic rings. The van der Waals surface area contributed by atoms with Gasteiger partial charge >= 0.3 is 6.18 Å². The molecule has 21 heavy (non-hydrogen) atoms. The number of hydrogen-bond acceptors (Lipinski definition) is 2. The summed E-state index contributed by atoms with van der Waals surface area (Å²) in [5, 5.41) is 0. The molecule has 2 rings (SSSR count). The van der Waals surface area contributed by atoms with Crippen molar-refractivity contribution < 1.29 is 27.1 Å². The first-order valence-electron chi connectivity index (χ1n) is 5.88. The van der Waals surface area contributed by atoms with Gasteiger partial charge in [0, 0.05) is 11.1 Å². The molecule has 0 fully saturated rings. The van der Waals surface area contributed by atoms with Gasteiger partial charge in [-0.25, -0.2) is 4.39 Å². The van der Waals surface area contributed by atoms with E-state index in [0.717, 1.165) is 30.3 Å². The molecule has 0 saturated heterocycles.